The van der Waals surface area contributed by atoms with E-state index in [1.54, 1.807) is 12.3 Å². The highest BCUT2D eigenvalue weighted by Crippen LogP contribution is 2.12. The van der Waals surface area contributed by atoms with Gasteiger partial charge < -0.3 is 5.11 Å². The molecule has 0 aliphatic rings. The fraction of sp³-hybridized carbons (Fsp3) is 0. The van der Waals surface area contributed by atoms with Gasteiger partial charge in [0.05, 0.1) is 28.9 Å². The zero-order valence-electron chi connectivity index (χ0n) is 13.8. The second kappa shape index (κ2) is 8.34. The van der Waals surface area contributed by atoms with Gasteiger partial charge in [-0.3, -0.25) is 15.4 Å². The molecule has 0 unspecified atom stereocenters. The van der Waals surface area contributed by atoms with Crippen LogP contribution in [0.4, 0.5) is 5.69 Å². The smallest absolute Gasteiger partial charge is 0.337 e. The molecule has 0 aliphatic heterocycles. The molecule has 6 nitrogen and oxygen atoms in total. The molecule has 0 radical (unpaired) electrons. The summed E-state index contributed by atoms with van der Waals surface area (Å²) in [5, 5.41) is 12.9. The van der Waals surface area contributed by atoms with Crippen LogP contribution in [-0.2, 0) is 0 Å². The highest BCUT2D eigenvalue weighted by atomic mass is 16.4. The van der Waals surface area contributed by atoms with Crippen LogP contribution < -0.4 is 5.43 Å². The third kappa shape index (κ3) is 4.85. The Bertz CT molecular complexity index is 918. The number of hydrogen-bond acceptors (Lipinski definition) is 5. The maximum atomic E-state index is 10.8. The Morgan fingerprint density at radius 3 is 2.46 bits per heavy atom. The molecular weight excluding hydrogens is 328 g/mol. The van der Waals surface area contributed by atoms with Crippen molar-refractivity contribution in [2.45, 2.75) is 0 Å². The van der Waals surface area contributed by atoms with Gasteiger partial charge in [0.2, 0.25) is 0 Å². The topological polar surface area (TPSA) is 87.5 Å². The lowest BCUT2D eigenvalue weighted by molar-refractivity contribution is 0.0696. The van der Waals surface area contributed by atoms with E-state index in [-0.39, 0.29) is 5.56 Å². The zero-order valence-corrected chi connectivity index (χ0v) is 13.8. The molecule has 2 aromatic heterocycles. The first-order valence-corrected chi connectivity index (χ1v) is 7.88. The first-order chi connectivity index (χ1) is 12.7. The van der Waals surface area contributed by atoms with Gasteiger partial charge in [-0.15, -0.1) is 0 Å². The average Bonchev–Trinajstić information content (AvgIpc) is 2.68. The molecule has 1 aromatic carbocycles. The molecule has 0 aliphatic carbocycles. The van der Waals surface area contributed by atoms with Crippen LogP contribution in [-0.4, -0.2) is 27.3 Å². The summed E-state index contributed by atoms with van der Waals surface area (Å²) in [6.07, 6.45) is 8.53. The highest BCUT2D eigenvalue weighted by molar-refractivity contribution is 5.88. The third-order valence-corrected chi connectivity index (χ3v) is 3.47. The summed E-state index contributed by atoms with van der Waals surface area (Å²) < 4.78 is 0. The SMILES string of the molecule is O=C(O)c1ccc(/C=N/Nc2ccc(/C=C/c3ccccn3)cc2)nc1. The van der Waals surface area contributed by atoms with Crippen LogP contribution in [0, 0.1) is 0 Å². The molecule has 128 valence electrons. The number of benzene rings is 1. The van der Waals surface area contributed by atoms with E-state index in [0.717, 1.165) is 16.9 Å². The van der Waals surface area contributed by atoms with E-state index in [4.69, 9.17) is 5.11 Å². The van der Waals surface area contributed by atoms with Crippen LogP contribution in [0.15, 0.2) is 72.1 Å². The minimum absolute atomic E-state index is 0.143. The molecule has 3 aromatic rings. The summed E-state index contributed by atoms with van der Waals surface area (Å²) in [4.78, 5) is 19.0. The number of nitrogens with one attached hydrogen (secondary N) is 1. The highest BCUT2D eigenvalue weighted by Gasteiger charge is 2.01. The monoisotopic (exact) mass is 344 g/mol. The van der Waals surface area contributed by atoms with Gasteiger partial charge in [-0.05, 0) is 48.0 Å². The van der Waals surface area contributed by atoms with Gasteiger partial charge in [0.25, 0.3) is 0 Å². The predicted molar refractivity (Wildman–Crippen MR) is 102 cm³/mol. The number of rotatable bonds is 6. The Morgan fingerprint density at radius 2 is 1.81 bits per heavy atom. The van der Waals surface area contributed by atoms with Gasteiger partial charge >= 0.3 is 5.97 Å². The molecule has 2 N–H and O–H groups in total. The molecule has 0 fully saturated rings. The molecule has 0 atom stereocenters. The largest absolute Gasteiger partial charge is 0.478 e. The first kappa shape index (κ1) is 17.0. The van der Waals surface area contributed by atoms with Crippen molar-refractivity contribution in [2.75, 3.05) is 5.43 Å². The molecule has 0 saturated heterocycles. The average molecular weight is 344 g/mol. The Balaban J connectivity index is 1.57. The van der Waals surface area contributed by atoms with Crippen molar-refractivity contribution in [3.05, 3.63) is 89.5 Å². The molecule has 26 heavy (non-hydrogen) atoms. The lowest BCUT2D eigenvalue weighted by Crippen LogP contribution is -1.99. The third-order valence-electron chi connectivity index (χ3n) is 3.47. The van der Waals surface area contributed by atoms with Gasteiger partial charge in [0, 0.05) is 12.4 Å². The number of hydrogen-bond donors (Lipinski definition) is 2. The zero-order chi connectivity index (χ0) is 18.2. The van der Waals surface area contributed by atoms with Crippen LogP contribution in [0.25, 0.3) is 12.2 Å². The molecule has 0 amide bonds. The van der Waals surface area contributed by atoms with Crippen molar-refractivity contribution in [3.63, 3.8) is 0 Å². The minimum Gasteiger partial charge on any atom is -0.478 e. The standard InChI is InChI=1S/C20H16N4O2/c25-20(26)16-7-11-19(22-13-16)14-23-24-18-9-5-15(6-10-18)4-8-17-3-1-2-12-21-17/h1-14,24H,(H,25,26)/b8-4+,23-14+. The summed E-state index contributed by atoms with van der Waals surface area (Å²) in [6.45, 7) is 0. The number of pyridine rings is 2. The van der Waals surface area contributed by atoms with Crippen molar-refractivity contribution in [1.29, 1.82) is 0 Å². The van der Waals surface area contributed by atoms with Gasteiger partial charge in [0.1, 0.15) is 0 Å². The van der Waals surface area contributed by atoms with Crippen molar-refractivity contribution in [1.82, 2.24) is 9.97 Å². The van der Waals surface area contributed by atoms with Crippen molar-refractivity contribution in [2.24, 2.45) is 5.10 Å². The van der Waals surface area contributed by atoms with E-state index in [1.165, 1.54) is 18.5 Å². The molecule has 3 rings (SSSR count). The number of carboxylic acid groups (broad SMARTS) is 1. The Labute approximate surface area is 150 Å². The van der Waals surface area contributed by atoms with E-state index in [0.29, 0.717) is 5.69 Å². The van der Waals surface area contributed by atoms with Gasteiger partial charge in [-0.2, -0.15) is 5.10 Å². The number of hydrazone groups is 1. The maximum Gasteiger partial charge on any atom is 0.337 e. The van der Waals surface area contributed by atoms with E-state index in [9.17, 15) is 4.79 Å². The quantitative estimate of drug-likeness (QED) is 0.525. The summed E-state index contributed by atoms with van der Waals surface area (Å²) in [5.74, 6) is -1.00. The van der Waals surface area contributed by atoms with E-state index >= 15 is 0 Å². The van der Waals surface area contributed by atoms with Gasteiger partial charge in [0.15, 0.2) is 0 Å². The molecular formula is C20H16N4O2. The van der Waals surface area contributed by atoms with E-state index in [2.05, 4.69) is 20.5 Å². The minimum atomic E-state index is -1.00. The molecule has 0 saturated carbocycles. The number of nitrogens with zero attached hydrogens (tertiary/aromatic N) is 3. The fourth-order valence-electron chi connectivity index (χ4n) is 2.11. The number of anilines is 1. The van der Waals surface area contributed by atoms with Gasteiger partial charge in [-0.25, -0.2) is 4.79 Å². The van der Waals surface area contributed by atoms with E-state index in [1.807, 2.05) is 54.6 Å². The summed E-state index contributed by atoms with van der Waals surface area (Å²) in [5.41, 5.74) is 6.41. The van der Waals surface area contributed by atoms with Crippen molar-refractivity contribution < 1.29 is 9.90 Å². The Kier molecular flexibility index (Phi) is 5.47. The maximum absolute atomic E-state index is 10.8. The summed E-state index contributed by atoms with van der Waals surface area (Å²) in [7, 11) is 0. The van der Waals surface area contributed by atoms with Crippen LogP contribution in [0.2, 0.25) is 0 Å². The number of aromatic carboxylic acids is 1. The Hall–Kier alpha value is -3.80. The van der Waals surface area contributed by atoms with Crippen LogP contribution in [0.1, 0.15) is 27.3 Å². The van der Waals surface area contributed by atoms with Crippen LogP contribution in [0.3, 0.4) is 0 Å². The lowest BCUT2D eigenvalue weighted by atomic mass is 10.2. The van der Waals surface area contributed by atoms with Crippen LogP contribution >= 0.6 is 0 Å². The van der Waals surface area contributed by atoms with Crippen molar-refractivity contribution in [3.8, 4) is 0 Å². The van der Waals surface area contributed by atoms with Gasteiger partial charge in [-0.1, -0.05) is 24.3 Å². The summed E-state index contributed by atoms with van der Waals surface area (Å²) >= 11 is 0. The number of carboxylic acids is 1. The number of carbonyl (C=O) groups is 1. The number of aromatic nitrogens is 2. The first-order valence-electron chi connectivity index (χ1n) is 7.88. The summed E-state index contributed by atoms with van der Waals surface area (Å²) in [6, 6.07) is 16.6. The fourth-order valence-corrected chi connectivity index (χ4v) is 2.11. The second-order valence-electron chi connectivity index (χ2n) is 5.36. The van der Waals surface area contributed by atoms with Crippen LogP contribution in [0.5, 0.6) is 0 Å². The lowest BCUT2D eigenvalue weighted by Gasteiger charge is -2.01. The molecule has 2 heterocycles. The molecule has 6 heteroatoms. The normalized spacial score (nSPS) is 11.1. The molecule has 0 spiro atoms. The predicted octanol–water partition coefficient (Wildman–Crippen LogP) is 3.79. The van der Waals surface area contributed by atoms with Crippen molar-refractivity contribution >= 4 is 30.0 Å². The molecule has 0 bridgehead atoms. The Morgan fingerprint density at radius 1 is 0.962 bits per heavy atom. The second-order valence-corrected chi connectivity index (χ2v) is 5.36. The van der Waals surface area contributed by atoms with E-state index < -0.39 is 5.97 Å².